The number of rotatable bonds is 2. The Morgan fingerprint density at radius 2 is 1.87 bits per heavy atom. The van der Waals surface area contributed by atoms with Gasteiger partial charge in [-0.25, -0.2) is 9.07 Å². The van der Waals surface area contributed by atoms with Gasteiger partial charge in [-0.3, -0.25) is 0 Å². The van der Waals surface area contributed by atoms with Gasteiger partial charge in [-0.1, -0.05) is 30.3 Å². The van der Waals surface area contributed by atoms with E-state index < -0.39 is 0 Å². The molecular formula is C17H12FIN4. The van der Waals surface area contributed by atoms with E-state index in [0.29, 0.717) is 11.5 Å². The van der Waals surface area contributed by atoms with E-state index in [1.807, 2.05) is 36.4 Å². The van der Waals surface area contributed by atoms with Gasteiger partial charge in [-0.15, -0.1) is 0 Å². The van der Waals surface area contributed by atoms with Crippen molar-refractivity contribution in [3.8, 4) is 0 Å². The zero-order valence-corrected chi connectivity index (χ0v) is 14.1. The Kier molecular flexibility index (Phi) is 3.60. The number of hydrogen-bond acceptors (Lipinski definition) is 3. The van der Waals surface area contributed by atoms with Gasteiger partial charge in [0, 0.05) is 14.8 Å². The first-order valence-corrected chi connectivity index (χ1v) is 8.19. The summed E-state index contributed by atoms with van der Waals surface area (Å²) >= 11 is 2.27. The van der Waals surface area contributed by atoms with Gasteiger partial charge in [-0.05, 0) is 52.4 Å². The number of aromatic nitrogens is 3. The maximum atomic E-state index is 14.2. The van der Waals surface area contributed by atoms with E-state index in [1.54, 1.807) is 16.8 Å². The molecule has 0 saturated carbocycles. The highest BCUT2D eigenvalue weighted by atomic mass is 127. The Balaban J connectivity index is 1.83. The molecule has 1 atom stereocenters. The fraction of sp³-hybridized carbons (Fsp3) is 0.0588. The molecule has 0 fully saturated rings. The van der Waals surface area contributed by atoms with Crippen LogP contribution in [0.2, 0.25) is 0 Å². The normalized spacial score (nSPS) is 16.4. The molecule has 0 amide bonds. The van der Waals surface area contributed by atoms with Crippen molar-refractivity contribution in [2.45, 2.75) is 6.04 Å². The van der Waals surface area contributed by atoms with Crippen molar-refractivity contribution in [1.29, 1.82) is 0 Å². The van der Waals surface area contributed by atoms with E-state index in [1.165, 1.54) is 12.4 Å². The third kappa shape index (κ3) is 2.63. The molecule has 1 aromatic heterocycles. The van der Waals surface area contributed by atoms with Gasteiger partial charge in [0.2, 0.25) is 5.95 Å². The van der Waals surface area contributed by atoms with Gasteiger partial charge in [-0.2, -0.15) is 10.1 Å². The molecule has 0 saturated heterocycles. The number of allylic oxidation sites excluding steroid dienone is 1. The Labute approximate surface area is 146 Å². The lowest BCUT2D eigenvalue weighted by atomic mass is 10.0. The molecule has 3 aromatic rings. The van der Waals surface area contributed by atoms with Crippen molar-refractivity contribution in [3.05, 3.63) is 81.4 Å². The molecule has 1 aliphatic heterocycles. The van der Waals surface area contributed by atoms with Crippen molar-refractivity contribution in [1.82, 2.24) is 14.8 Å². The smallest absolute Gasteiger partial charge is 0.226 e. The quantitative estimate of drug-likeness (QED) is 0.638. The first kappa shape index (κ1) is 14.4. The molecule has 0 radical (unpaired) electrons. The summed E-state index contributed by atoms with van der Waals surface area (Å²) in [5.74, 6) is 0.355. The third-order valence-corrected chi connectivity index (χ3v) is 4.51. The molecule has 0 aliphatic carbocycles. The molecule has 114 valence electrons. The third-order valence-electron chi connectivity index (χ3n) is 3.79. The lowest BCUT2D eigenvalue weighted by Gasteiger charge is -2.24. The van der Waals surface area contributed by atoms with E-state index in [0.717, 1.165) is 14.8 Å². The van der Waals surface area contributed by atoms with E-state index >= 15 is 0 Å². The summed E-state index contributed by atoms with van der Waals surface area (Å²) in [5.41, 5.74) is 2.50. The molecule has 0 unspecified atom stereocenters. The van der Waals surface area contributed by atoms with Crippen LogP contribution in [0, 0.1) is 9.39 Å². The summed E-state index contributed by atoms with van der Waals surface area (Å²) in [6.45, 7) is 0. The highest BCUT2D eigenvalue weighted by molar-refractivity contribution is 14.1. The maximum Gasteiger partial charge on any atom is 0.226 e. The van der Waals surface area contributed by atoms with Crippen LogP contribution in [0.1, 0.15) is 17.2 Å². The number of benzene rings is 2. The summed E-state index contributed by atoms with van der Waals surface area (Å²) in [7, 11) is 0. The number of nitrogens with zero attached hydrogens (tertiary/aromatic N) is 3. The van der Waals surface area contributed by atoms with Crippen molar-refractivity contribution in [2.75, 3.05) is 5.32 Å². The fourth-order valence-electron chi connectivity index (χ4n) is 2.67. The Bertz CT molecular complexity index is 886. The number of nitrogens with one attached hydrogen (secondary N) is 1. The first-order chi connectivity index (χ1) is 11.2. The van der Waals surface area contributed by atoms with E-state index in [9.17, 15) is 4.39 Å². The van der Waals surface area contributed by atoms with Crippen molar-refractivity contribution in [2.24, 2.45) is 0 Å². The first-order valence-electron chi connectivity index (χ1n) is 7.11. The van der Waals surface area contributed by atoms with Crippen LogP contribution in [-0.4, -0.2) is 14.8 Å². The highest BCUT2D eigenvalue weighted by Crippen LogP contribution is 2.32. The molecule has 4 nitrogen and oxygen atoms in total. The zero-order valence-electron chi connectivity index (χ0n) is 11.9. The molecule has 23 heavy (non-hydrogen) atoms. The monoisotopic (exact) mass is 418 g/mol. The fourth-order valence-corrected chi connectivity index (χ4v) is 3.03. The van der Waals surface area contributed by atoms with E-state index in [2.05, 4.69) is 38.0 Å². The predicted molar refractivity (Wildman–Crippen MR) is 95.3 cm³/mol. The minimum atomic E-state index is -0.329. The molecule has 1 aliphatic rings. The number of halogens is 2. The summed E-state index contributed by atoms with van der Waals surface area (Å²) in [6.07, 6.45) is 3.45. The van der Waals surface area contributed by atoms with Crippen LogP contribution < -0.4 is 5.32 Å². The van der Waals surface area contributed by atoms with Gasteiger partial charge in [0.25, 0.3) is 0 Å². The van der Waals surface area contributed by atoms with Gasteiger partial charge < -0.3 is 5.32 Å². The Morgan fingerprint density at radius 3 is 2.65 bits per heavy atom. The van der Waals surface area contributed by atoms with Gasteiger partial charge >= 0.3 is 0 Å². The molecule has 4 rings (SSSR count). The van der Waals surface area contributed by atoms with Crippen molar-refractivity contribution in [3.63, 3.8) is 0 Å². The van der Waals surface area contributed by atoms with Crippen LogP contribution in [-0.2, 0) is 0 Å². The van der Waals surface area contributed by atoms with Crippen LogP contribution in [0.15, 0.2) is 60.9 Å². The second-order valence-electron chi connectivity index (χ2n) is 5.21. The lowest BCUT2D eigenvalue weighted by molar-refractivity contribution is 0.551. The molecule has 1 N–H and O–H groups in total. The molecular weight excluding hydrogens is 406 g/mol. The topological polar surface area (TPSA) is 42.7 Å². The Hall–Kier alpha value is -2.22. The lowest BCUT2D eigenvalue weighted by Crippen LogP contribution is -2.21. The molecule has 0 spiro atoms. The van der Waals surface area contributed by atoms with E-state index in [4.69, 9.17) is 0 Å². The standard InChI is InChI=1S/C17H12FIN4/c18-14-4-2-1-3-13(14)16-9-15(11-5-7-12(19)8-6-11)22-17-20-10-21-23(16)17/h1-10,16H,(H,20,21,22)/t16-/m1/s1. The van der Waals surface area contributed by atoms with Crippen molar-refractivity contribution >= 4 is 34.2 Å². The average molecular weight is 418 g/mol. The van der Waals surface area contributed by atoms with Crippen LogP contribution in [0.5, 0.6) is 0 Å². The minimum absolute atomic E-state index is 0.251. The Morgan fingerprint density at radius 1 is 1.09 bits per heavy atom. The van der Waals surface area contributed by atoms with Crippen LogP contribution in [0.25, 0.3) is 5.70 Å². The highest BCUT2D eigenvalue weighted by Gasteiger charge is 2.25. The summed E-state index contributed by atoms with van der Waals surface area (Å²) in [6, 6.07) is 14.6. The number of hydrogen-bond donors (Lipinski definition) is 1. The average Bonchev–Trinajstić information content (AvgIpc) is 3.04. The van der Waals surface area contributed by atoms with Gasteiger partial charge in [0.1, 0.15) is 18.2 Å². The molecule has 0 bridgehead atoms. The van der Waals surface area contributed by atoms with Crippen LogP contribution >= 0.6 is 22.6 Å². The summed E-state index contributed by atoms with van der Waals surface area (Å²) in [5, 5.41) is 7.49. The van der Waals surface area contributed by atoms with Crippen LogP contribution in [0.4, 0.5) is 10.3 Å². The number of fused-ring (bicyclic) bond motifs is 1. The maximum absolute atomic E-state index is 14.2. The SMILES string of the molecule is Fc1ccccc1[C@H]1C=C(c2ccc(I)cc2)Nc2ncnn21. The van der Waals surface area contributed by atoms with Gasteiger partial charge in [0.15, 0.2) is 0 Å². The second-order valence-corrected chi connectivity index (χ2v) is 6.45. The summed E-state index contributed by atoms with van der Waals surface area (Å²) in [4.78, 5) is 4.23. The van der Waals surface area contributed by atoms with Crippen molar-refractivity contribution < 1.29 is 4.39 Å². The number of anilines is 1. The molecule has 2 aromatic carbocycles. The second kappa shape index (κ2) is 5.77. The zero-order chi connectivity index (χ0) is 15.8. The van der Waals surface area contributed by atoms with Crippen LogP contribution in [0.3, 0.4) is 0 Å². The van der Waals surface area contributed by atoms with Gasteiger partial charge in [0.05, 0.1) is 0 Å². The minimum Gasteiger partial charge on any atom is -0.324 e. The molecule has 6 heteroatoms. The molecule has 2 heterocycles. The largest absolute Gasteiger partial charge is 0.324 e. The predicted octanol–water partition coefficient (Wildman–Crippen LogP) is 4.08. The van der Waals surface area contributed by atoms with E-state index in [-0.39, 0.29) is 11.9 Å². The summed E-state index contributed by atoms with van der Waals surface area (Å²) < 4.78 is 17.1.